The van der Waals surface area contributed by atoms with Crippen LogP contribution < -0.4 is 10.9 Å². The minimum absolute atomic E-state index is 0.228. The summed E-state index contributed by atoms with van der Waals surface area (Å²) in [6, 6.07) is 10.4. The van der Waals surface area contributed by atoms with Crippen molar-refractivity contribution in [2.24, 2.45) is 0 Å². The average molecular weight is 353 g/mol. The van der Waals surface area contributed by atoms with Gasteiger partial charge in [0.2, 0.25) is 0 Å². The minimum Gasteiger partial charge on any atom is -0.267 e. The van der Waals surface area contributed by atoms with E-state index in [1.54, 1.807) is 23.0 Å². The zero-order chi connectivity index (χ0) is 18.5. The van der Waals surface area contributed by atoms with Gasteiger partial charge >= 0.3 is 0 Å². The van der Waals surface area contributed by atoms with Gasteiger partial charge in [-0.3, -0.25) is 20.4 Å². The van der Waals surface area contributed by atoms with E-state index in [-0.39, 0.29) is 5.56 Å². The number of carbonyl (C=O) groups excluding carboxylic acids is 2. The third-order valence-electron chi connectivity index (χ3n) is 3.71. The Morgan fingerprint density at radius 1 is 1.08 bits per heavy atom. The maximum absolute atomic E-state index is 12.9. The second kappa shape index (κ2) is 7.56. The number of halogens is 1. The van der Waals surface area contributed by atoms with Gasteiger partial charge in [-0.05, 0) is 42.8 Å². The van der Waals surface area contributed by atoms with Crippen molar-refractivity contribution in [2.45, 2.75) is 13.3 Å². The molecule has 7 nitrogen and oxygen atoms in total. The largest absolute Gasteiger partial charge is 0.273 e. The maximum Gasteiger partial charge on any atom is 0.273 e. The molecule has 0 spiro atoms. The fourth-order valence-corrected chi connectivity index (χ4v) is 2.43. The molecule has 0 fully saturated rings. The number of hydrazine groups is 1. The van der Waals surface area contributed by atoms with Crippen LogP contribution in [0.4, 0.5) is 4.39 Å². The molecule has 2 heterocycles. The minimum atomic E-state index is -0.548. The van der Waals surface area contributed by atoms with Crippen LogP contribution in [0.3, 0.4) is 0 Å². The molecule has 26 heavy (non-hydrogen) atoms. The fourth-order valence-electron chi connectivity index (χ4n) is 2.43. The van der Waals surface area contributed by atoms with Crippen molar-refractivity contribution in [1.29, 1.82) is 0 Å². The van der Waals surface area contributed by atoms with Crippen LogP contribution in [-0.2, 0) is 6.42 Å². The SMILES string of the molecule is CCc1c(C(=O)NNC(=O)c2ccc(F)cc2)cnn1-c1ccccn1. The van der Waals surface area contributed by atoms with Crippen molar-refractivity contribution in [3.05, 3.63) is 77.5 Å². The maximum atomic E-state index is 12.9. The van der Waals surface area contributed by atoms with Crippen LogP contribution >= 0.6 is 0 Å². The Kier molecular flexibility index (Phi) is 5.02. The van der Waals surface area contributed by atoms with Gasteiger partial charge in [-0.25, -0.2) is 14.1 Å². The van der Waals surface area contributed by atoms with Crippen molar-refractivity contribution >= 4 is 11.8 Å². The van der Waals surface area contributed by atoms with E-state index in [9.17, 15) is 14.0 Å². The number of rotatable bonds is 4. The van der Waals surface area contributed by atoms with Crippen molar-refractivity contribution in [1.82, 2.24) is 25.6 Å². The van der Waals surface area contributed by atoms with Gasteiger partial charge in [0.05, 0.1) is 17.5 Å². The van der Waals surface area contributed by atoms with Gasteiger partial charge in [0.25, 0.3) is 11.8 Å². The molecule has 0 atom stereocenters. The van der Waals surface area contributed by atoms with Crippen LogP contribution in [0, 0.1) is 5.82 Å². The number of carbonyl (C=O) groups is 2. The fraction of sp³-hybridized carbons (Fsp3) is 0.111. The van der Waals surface area contributed by atoms with Crippen LogP contribution in [0.5, 0.6) is 0 Å². The number of benzene rings is 1. The topological polar surface area (TPSA) is 88.9 Å². The number of aromatic nitrogens is 3. The second-order valence-electron chi connectivity index (χ2n) is 5.37. The summed E-state index contributed by atoms with van der Waals surface area (Å²) in [7, 11) is 0. The second-order valence-corrected chi connectivity index (χ2v) is 5.37. The van der Waals surface area contributed by atoms with E-state index >= 15 is 0 Å². The Morgan fingerprint density at radius 3 is 2.46 bits per heavy atom. The number of nitrogens with one attached hydrogen (secondary N) is 2. The zero-order valence-corrected chi connectivity index (χ0v) is 13.9. The Bertz CT molecular complexity index is 923. The summed E-state index contributed by atoms with van der Waals surface area (Å²) < 4.78 is 14.5. The lowest BCUT2D eigenvalue weighted by atomic mass is 10.2. The smallest absolute Gasteiger partial charge is 0.267 e. The Morgan fingerprint density at radius 2 is 1.81 bits per heavy atom. The van der Waals surface area contributed by atoms with E-state index in [0.29, 0.717) is 23.5 Å². The summed E-state index contributed by atoms with van der Waals surface area (Å²) >= 11 is 0. The highest BCUT2D eigenvalue weighted by Gasteiger charge is 2.18. The molecular formula is C18H16FN5O2. The lowest BCUT2D eigenvalue weighted by Gasteiger charge is -2.09. The number of hydrogen-bond acceptors (Lipinski definition) is 4. The van der Waals surface area contributed by atoms with Gasteiger partial charge in [0.1, 0.15) is 5.82 Å². The van der Waals surface area contributed by atoms with E-state index in [1.165, 1.54) is 30.5 Å². The molecule has 0 saturated carbocycles. The van der Waals surface area contributed by atoms with Gasteiger partial charge in [0.15, 0.2) is 5.82 Å². The van der Waals surface area contributed by atoms with Crippen molar-refractivity contribution in [2.75, 3.05) is 0 Å². The van der Waals surface area contributed by atoms with E-state index in [2.05, 4.69) is 20.9 Å². The highest BCUT2D eigenvalue weighted by Crippen LogP contribution is 2.14. The molecule has 2 N–H and O–H groups in total. The van der Waals surface area contributed by atoms with Crippen molar-refractivity contribution < 1.29 is 14.0 Å². The average Bonchev–Trinajstić information content (AvgIpc) is 3.11. The molecule has 1 aromatic carbocycles. The van der Waals surface area contributed by atoms with E-state index in [0.717, 1.165) is 0 Å². The summed E-state index contributed by atoms with van der Waals surface area (Å²) in [6.45, 7) is 1.89. The zero-order valence-electron chi connectivity index (χ0n) is 13.9. The molecule has 132 valence electrons. The van der Waals surface area contributed by atoms with Crippen LogP contribution in [-0.4, -0.2) is 26.6 Å². The molecule has 8 heteroatoms. The summed E-state index contributed by atoms with van der Waals surface area (Å²) in [6.07, 6.45) is 3.61. The highest BCUT2D eigenvalue weighted by molar-refractivity contribution is 5.99. The monoisotopic (exact) mass is 353 g/mol. The van der Waals surface area contributed by atoms with Gasteiger partial charge < -0.3 is 0 Å². The van der Waals surface area contributed by atoms with Crippen molar-refractivity contribution in [3.63, 3.8) is 0 Å². The molecule has 0 aliphatic carbocycles. The molecule has 3 rings (SSSR count). The van der Waals surface area contributed by atoms with Gasteiger partial charge in [-0.2, -0.15) is 5.10 Å². The van der Waals surface area contributed by atoms with Crippen LogP contribution in [0.15, 0.2) is 54.9 Å². The Balaban J connectivity index is 1.73. The van der Waals surface area contributed by atoms with Gasteiger partial charge in [0, 0.05) is 11.8 Å². The lowest BCUT2D eigenvalue weighted by Crippen LogP contribution is -2.41. The predicted molar refractivity (Wildman–Crippen MR) is 92.1 cm³/mol. The molecule has 2 amide bonds. The summed E-state index contributed by atoms with van der Waals surface area (Å²) in [5.74, 6) is -0.896. The number of amides is 2. The molecule has 3 aromatic rings. The van der Waals surface area contributed by atoms with Gasteiger partial charge in [-0.15, -0.1) is 0 Å². The van der Waals surface area contributed by atoms with Crippen molar-refractivity contribution in [3.8, 4) is 5.82 Å². The number of nitrogens with zero attached hydrogens (tertiary/aromatic N) is 3. The Hall–Kier alpha value is -3.55. The standard InChI is InChI=1S/C18H16FN5O2/c1-2-15-14(11-21-24(15)16-5-3-4-10-20-16)18(26)23-22-17(25)12-6-8-13(19)9-7-12/h3-11H,2H2,1H3,(H,22,25)(H,23,26). The first-order chi connectivity index (χ1) is 12.6. The lowest BCUT2D eigenvalue weighted by molar-refractivity contribution is 0.0846. The number of pyridine rings is 1. The van der Waals surface area contributed by atoms with E-state index < -0.39 is 17.6 Å². The first kappa shape index (κ1) is 17.3. The van der Waals surface area contributed by atoms with Crippen LogP contribution in [0.25, 0.3) is 5.82 Å². The summed E-state index contributed by atoms with van der Waals surface area (Å²) in [5.41, 5.74) is 5.87. The van der Waals surface area contributed by atoms with Crippen LogP contribution in [0.2, 0.25) is 0 Å². The molecule has 0 radical (unpaired) electrons. The van der Waals surface area contributed by atoms with Crippen LogP contribution in [0.1, 0.15) is 33.3 Å². The molecule has 2 aromatic heterocycles. The predicted octanol–water partition coefficient (Wildman–Crippen LogP) is 2.04. The van der Waals surface area contributed by atoms with Gasteiger partial charge in [-0.1, -0.05) is 13.0 Å². The number of hydrogen-bond donors (Lipinski definition) is 2. The first-order valence-corrected chi connectivity index (χ1v) is 7.94. The Labute approximate surface area is 148 Å². The molecule has 0 bridgehead atoms. The third kappa shape index (κ3) is 3.59. The first-order valence-electron chi connectivity index (χ1n) is 7.94. The molecule has 0 aliphatic rings. The quantitative estimate of drug-likeness (QED) is 0.703. The molecular weight excluding hydrogens is 337 g/mol. The molecule has 0 saturated heterocycles. The summed E-state index contributed by atoms with van der Waals surface area (Å²) in [5, 5.41) is 4.21. The van der Waals surface area contributed by atoms with E-state index in [4.69, 9.17) is 0 Å². The van der Waals surface area contributed by atoms with E-state index in [1.807, 2.05) is 13.0 Å². The highest BCUT2D eigenvalue weighted by atomic mass is 19.1. The molecule has 0 unspecified atom stereocenters. The summed E-state index contributed by atoms with van der Waals surface area (Å²) in [4.78, 5) is 28.6. The normalized spacial score (nSPS) is 10.4. The molecule has 0 aliphatic heterocycles. The third-order valence-corrected chi connectivity index (χ3v) is 3.71.